The lowest BCUT2D eigenvalue weighted by Gasteiger charge is -2.33. The Morgan fingerprint density at radius 2 is 1.87 bits per heavy atom. The number of para-hydroxylation sites is 1. The number of nitrogens with zero attached hydrogens (tertiary/aromatic N) is 5. The summed E-state index contributed by atoms with van der Waals surface area (Å²) in [6.45, 7) is 5.60. The minimum Gasteiger partial charge on any atom is -0.474 e. The van der Waals surface area contributed by atoms with Crippen molar-refractivity contribution in [2.45, 2.75) is 32.8 Å². The molecule has 2 aliphatic rings. The third-order valence-corrected chi connectivity index (χ3v) is 5.59. The molecule has 2 aliphatic heterocycles. The van der Waals surface area contributed by atoms with Crippen molar-refractivity contribution < 1.29 is 18.7 Å². The third kappa shape index (κ3) is 4.76. The zero-order valence-electron chi connectivity index (χ0n) is 17.8. The maximum Gasteiger partial charge on any atom is 0.325 e. The molecule has 0 N–H and O–H groups in total. The van der Waals surface area contributed by atoms with Gasteiger partial charge in [-0.1, -0.05) is 12.1 Å². The standard InChI is InChI=1S/C22H26FN5O3/c1-15-13-20(25-16(2)24-15)31-17-7-9-26(10-8-17)21(29)14-27-11-12-28(22(27)30)19-6-4-3-5-18(19)23/h3-6,13,17H,7-12,14H2,1-2H3. The molecule has 2 aromatic rings. The Morgan fingerprint density at radius 1 is 1.13 bits per heavy atom. The van der Waals surface area contributed by atoms with Crippen LogP contribution in [0.15, 0.2) is 30.3 Å². The van der Waals surface area contributed by atoms with Gasteiger partial charge in [0, 0.05) is 50.8 Å². The third-order valence-electron chi connectivity index (χ3n) is 5.59. The minimum atomic E-state index is -0.444. The van der Waals surface area contributed by atoms with Crippen LogP contribution in [0.3, 0.4) is 0 Å². The van der Waals surface area contributed by atoms with Crippen molar-refractivity contribution in [2.24, 2.45) is 0 Å². The maximum atomic E-state index is 14.0. The number of likely N-dealkylation sites (tertiary alicyclic amines) is 1. The van der Waals surface area contributed by atoms with E-state index in [-0.39, 0.29) is 30.3 Å². The zero-order chi connectivity index (χ0) is 22.0. The highest BCUT2D eigenvalue weighted by Crippen LogP contribution is 2.24. The number of halogens is 1. The van der Waals surface area contributed by atoms with Crippen molar-refractivity contribution in [3.8, 4) is 5.88 Å². The summed E-state index contributed by atoms with van der Waals surface area (Å²) in [5.41, 5.74) is 1.10. The summed E-state index contributed by atoms with van der Waals surface area (Å²) in [5, 5.41) is 0. The number of benzene rings is 1. The summed E-state index contributed by atoms with van der Waals surface area (Å²) >= 11 is 0. The minimum absolute atomic E-state index is 0.000387. The molecule has 0 radical (unpaired) electrons. The van der Waals surface area contributed by atoms with Crippen LogP contribution in [0.1, 0.15) is 24.4 Å². The Bertz CT molecular complexity index is 957. The van der Waals surface area contributed by atoms with E-state index in [0.717, 1.165) is 5.69 Å². The zero-order valence-corrected chi connectivity index (χ0v) is 17.8. The molecule has 164 valence electrons. The lowest BCUT2D eigenvalue weighted by atomic mass is 10.1. The van der Waals surface area contributed by atoms with Gasteiger partial charge in [0.15, 0.2) is 0 Å². The topological polar surface area (TPSA) is 78.9 Å². The normalized spacial score (nSPS) is 17.4. The number of ether oxygens (including phenoxy) is 1. The predicted octanol–water partition coefficient (Wildman–Crippen LogP) is 2.54. The molecule has 0 aliphatic carbocycles. The smallest absolute Gasteiger partial charge is 0.325 e. The van der Waals surface area contributed by atoms with E-state index in [1.54, 1.807) is 23.1 Å². The average molecular weight is 427 g/mol. The Hall–Kier alpha value is -3.23. The molecule has 3 heterocycles. The molecule has 0 atom stereocenters. The van der Waals surface area contributed by atoms with E-state index in [9.17, 15) is 14.0 Å². The summed E-state index contributed by atoms with van der Waals surface area (Å²) in [6.07, 6.45) is 1.38. The Kier molecular flexibility index (Phi) is 6.01. The molecule has 0 bridgehead atoms. The highest BCUT2D eigenvalue weighted by molar-refractivity contribution is 5.96. The van der Waals surface area contributed by atoms with Crippen LogP contribution in [0, 0.1) is 19.7 Å². The number of aryl methyl sites for hydroxylation is 2. The van der Waals surface area contributed by atoms with Gasteiger partial charge in [0.25, 0.3) is 0 Å². The fourth-order valence-corrected chi connectivity index (χ4v) is 4.02. The molecule has 8 nitrogen and oxygen atoms in total. The first kappa shape index (κ1) is 21.0. The molecule has 1 aromatic heterocycles. The lowest BCUT2D eigenvalue weighted by Crippen LogP contribution is -2.47. The van der Waals surface area contributed by atoms with Gasteiger partial charge in [-0.3, -0.25) is 9.69 Å². The van der Waals surface area contributed by atoms with Crippen LogP contribution in [0.5, 0.6) is 5.88 Å². The van der Waals surface area contributed by atoms with Crippen LogP contribution in [0.25, 0.3) is 0 Å². The van der Waals surface area contributed by atoms with E-state index in [2.05, 4.69) is 9.97 Å². The van der Waals surface area contributed by atoms with Crippen molar-refractivity contribution in [1.29, 1.82) is 0 Å². The van der Waals surface area contributed by atoms with E-state index >= 15 is 0 Å². The second-order valence-corrected chi connectivity index (χ2v) is 7.90. The molecule has 4 rings (SSSR count). The van der Waals surface area contributed by atoms with Crippen molar-refractivity contribution in [1.82, 2.24) is 19.8 Å². The fraction of sp³-hybridized carbons (Fsp3) is 0.455. The number of hydrogen-bond acceptors (Lipinski definition) is 5. The van der Waals surface area contributed by atoms with Gasteiger partial charge in [-0.15, -0.1) is 0 Å². The second-order valence-electron chi connectivity index (χ2n) is 7.90. The largest absolute Gasteiger partial charge is 0.474 e. The predicted molar refractivity (Wildman–Crippen MR) is 112 cm³/mol. The van der Waals surface area contributed by atoms with Gasteiger partial charge in [0.05, 0.1) is 5.69 Å². The molecule has 1 aromatic carbocycles. The number of carbonyl (C=O) groups excluding carboxylic acids is 2. The first-order valence-electron chi connectivity index (χ1n) is 10.5. The van der Waals surface area contributed by atoms with Crippen molar-refractivity contribution in [2.75, 3.05) is 37.6 Å². The molecule has 31 heavy (non-hydrogen) atoms. The van der Waals surface area contributed by atoms with Gasteiger partial charge in [-0.05, 0) is 26.0 Å². The highest BCUT2D eigenvalue weighted by Gasteiger charge is 2.34. The number of amides is 3. The van der Waals surface area contributed by atoms with Crippen LogP contribution in [0.4, 0.5) is 14.9 Å². The number of rotatable bonds is 5. The SMILES string of the molecule is Cc1cc(OC2CCN(C(=O)CN3CCN(c4ccccc4F)C3=O)CC2)nc(C)n1. The molecular weight excluding hydrogens is 401 g/mol. The van der Waals surface area contributed by atoms with Gasteiger partial charge in [0.1, 0.15) is 24.3 Å². The van der Waals surface area contributed by atoms with Crippen LogP contribution in [-0.4, -0.2) is 70.5 Å². The summed E-state index contributed by atoms with van der Waals surface area (Å²) in [5.74, 6) is 0.684. The molecule has 2 fully saturated rings. The molecule has 2 saturated heterocycles. The Morgan fingerprint density at radius 3 is 2.58 bits per heavy atom. The highest BCUT2D eigenvalue weighted by atomic mass is 19.1. The van der Waals surface area contributed by atoms with E-state index in [1.165, 1.54) is 15.9 Å². The summed E-state index contributed by atoms with van der Waals surface area (Å²) in [7, 11) is 0. The number of anilines is 1. The molecule has 0 unspecified atom stereocenters. The van der Waals surface area contributed by atoms with Crippen LogP contribution < -0.4 is 9.64 Å². The molecule has 9 heteroatoms. The van der Waals surface area contributed by atoms with Crippen molar-refractivity contribution in [3.63, 3.8) is 0 Å². The quantitative estimate of drug-likeness (QED) is 0.733. The van der Waals surface area contributed by atoms with Crippen molar-refractivity contribution >= 4 is 17.6 Å². The lowest BCUT2D eigenvalue weighted by molar-refractivity contribution is -0.133. The number of urea groups is 1. The maximum absolute atomic E-state index is 14.0. The van der Waals surface area contributed by atoms with Crippen LogP contribution >= 0.6 is 0 Å². The van der Waals surface area contributed by atoms with Gasteiger partial charge in [-0.25, -0.2) is 14.2 Å². The summed E-state index contributed by atoms with van der Waals surface area (Å²) in [4.78, 5) is 38.6. The van der Waals surface area contributed by atoms with Gasteiger partial charge in [0.2, 0.25) is 11.8 Å². The fourth-order valence-electron chi connectivity index (χ4n) is 4.02. The van der Waals surface area contributed by atoms with E-state index in [4.69, 9.17) is 4.74 Å². The van der Waals surface area contributed by atoms with Gasteiger partial charge < -0.3 is 14.5 Å². The average Bonchev–Trinajstić information content (AvgIpc) is 3.08. The molecule has 0 saturated carbocycles. The number of piperidine rings is 1. The van der Waals surface area contributed by atoms with E-state index < -0.39 is 5.82 Å². The number of carbonyl (C=O) groups is 2. The van der Waals surface area contributed by atoms with Gasteiger partial charge in [-0.2, -0.15) is 4.98 Å². The first-order valence-corrected chi connectivity index (χ1v) is 10.5. The Labute approximate surface area is 180 Å². The van der Waals surface area contributed by atoms with E-state index in [0.29, 0.717) is 50.7 Å². The number of hydrogen-bond donors (Lipinski definition) is 0. The monoisotopic (exact) mass is 427 g/mol. The van der Waals surface area contributed by atoms with Crippen molar-refractivity contribution in [3.05, 3.63) is 47.7 Å². The van der Waals surface area contributed by atoms with Gasteiger partial charge >= 0.3 is 6.03 Å². The Balaban J connectivity index is 1.28. The van der Waals surface area contributed by atoms with Crippen LogP contribution in [-0.2, 0) is 4.79 Å². The molecular formula is C22H26FN5O3. The second kappa shape index (κ2) is 8.87. The van der Waals surface area contributed by atoms with E-state index in [1.807, 2.05) is 19.9 Å². The number of aromatic nitrogens is 2. The van der Waals surface area contributed by atoms with Crippen LogP contribution in [0.2, 0.25) is 0 Å². The molecule has 0 spiro atoms. The first-order chi connectivity index (χ1) is 14.9. The summed E-state index contributed by atoms with van der Waals surface area (Å²) < 4.78 is 20.0. The summed E-state index contributed by atoms with van der Waals surface area (Å²) in [6, 6.07) is 7.64. The molecule has 3 amide bonds.